The van der Waals surface area contributed by atoms with E-state index in [1.54, 1.807) is 0 Å². The lowest BCUT2D eigenvalue weighted by atomic mass is 10.1. The van der Waals surface area contributed by atoms with Crippen molar-refractivity contribution in [2.45, 2.75) is 39.5 Å². The zero-order chi connectivity index (χ0) is 9.68. The second-order valence-corrected chi connectivity index (χ2v) is 3.33. The molecule has 0 saturated heterocycles. The average molecular weight is 180 g/mol. The van der Waals surface area contributed by atoms with Gasteiger partial charge in [-0.25, -0.2) is 5.10 Å². The van der Waals surface area contributed by atoms with E-state index in [-0.39, 0.29) is 5.56 Å². The minimum atomic E-state index is -0.0840. The third-order valence-corrected chi connectivity index (χ3v) is 2.08. The Balaban J connectivity index is 2.58. The largest absolute Gasteiger partial charge is 0.268 e. The highest BCUT2D eigenvalue weighted by molar-refractivity contribution is 5.10. The predicted octanol–water partition coefficient (Wildman–Crippen LogP) is 1.81. The SMILES string of the molecule is CCCCCc1cc(C)c(=O)[nH]n1. The van der Waals surface area contributed by atoms with Gasteiger partial charge >= 0.3 is 0 Å². The molecule has 0 radical (unpaired) electrons. The van der Waals surface area contributed by atoms with E-state index in [0.29, 0.717) is 0 Å². The zero-order valence-corrected chi connectivity index (χ0v) is 8.26. The van der Waals surface area contributed by atoms with Crippen molar-refractivity contribution in [3.05, 3.63) is 27.7 Å². The number of H-pyrrole nitrogens is 1. The molecule has 0 amide bonds. The molecule has 0 spiro atoms. The summed E-state index contributed by atoms with van der Waals surface area (Å²) in [5.41, 5.74) is 1.66. The first-order valence-corrected chi connectivity index (χ1v) is 4.79. The normalized spacial score (nSPS) is 10.3. The average Bonchev–Trinajstić information content (AvgIpc) is 2.12. The summed E-state index contributed by atoms with van der Waals surface area (Å²) in [5, 5.41) is 6.46. The van der Waals surface area contributed by atoms with Gasteiger partial charge in [0.1, 0.15) is 0 Å². The molecule has 3 nitrogen and oxygen atoms in total. The van der Waals surface area contributed by atoms with Gasteiger partial charge in [-0.1, -0.05) is 19.8 Å². The third-order valence-electron chi connectivity index (χ3n) is 2.08. The van der Waals surface area contributed by atoms with Gasteiger partial charge in [0, 0.05) is 5.56 Å². The van der Waals surface area contributed by atoms with Crippen LogP contribution in [0.15, 0.2) is 10.9 Å². The van der Waals surface area contributed by atoms with Crippen LogP contribution in [-0.4, -0.2) is 10.2 Å². The van der Waals surface area contributed by atoms with E-state index in [9.17, 15) is 4.79 Å². The molecule has 1 heterocycles. The molecule has 0 unspecified atom stereocenters. The van der Waals surface area contributed by atoms with Gasteiger partial charge in [-0.05, 0) is 25.8 Å². The molecule has 0 fully saturated rings. The van der Waals surface area contributed by atoms with Crippen molar-refractivity contribution in [1.29, 1.82) is 0 Å². The van der Waals surface area contributed by atoms with E-state index in [1.807, 2.05) is 13.0 Å². The van der Waals surface area contributed by atoms with E-state index in [0.717, 1.165) is 24.1 Å². The number of unbranched alkanes of at least 4 members (excludes halogenated alkanes) is 2. The standard InChI is InChI=1S/C10H16N2O/c1-3-4-5-6-9-7-8(2)10(13)12-11-9/h7H,3-6H2,1-2H3,(H,12,13). The topological polar surface area (TPSA) is 45.8 Å². The van der Waals surface area contributed by atoms with Crippen LogP contribution in [0.1, 0.15) is 37.4 Å². The molecular formula is C10H16N2O. The molecule has 1 rings (SSSR count). The summed E-state index contributed by atoms with van der Waals surface area (Å²) in [4.78, 5) is 11.0. The first-order valence-electron chi connectivity index (χ1n) is 4.79. The van der Waals surface area contributed by atoms with Crippen LogP contribution < -0.4 is 5.56 Å². The van der Waals surface area contributed by atoms with Crippen LogP contribution in [0.5, 0.6) is 0 Å². The van der Waals surface area contributed by atoms with Gasteiger partial charge in [0.05, 0.1) is 5.69 Å². The van der Waals surface area contributed by atoms with Crippen molar-refractivity contribution in [2.24, 2.45) is 0 Å². The summed E-state index contributed by atoms with van der Waals surface area (Å²) in [6.07, 6.45) is 4.54. The molecule has 1 aromatic heterocycles. The highest BCUT2D eigenvalue weighted by atomic mass is 16.1. The maximum absolute atomic E-state index is 11.0. The molecule has 0 atom stereocenters. The number of aromatic nitrogens is 2. The summed E-state index contributed by atoms with van der Waals surface area (Å²) in [6, 6.07) is 1.87. The van der Waals surface area contributed by atoms with Gasteiger partial charge in [0.15, 0.2) is 0 Å². The second-order valence-electron chi connectivity index (χ2n) is 3.33. The Morgan fingerprint density at radius 2 is 2.23 bits per heavy atom. The Bertz CT molecular complexity index is 317. The quantitative estimate of drug-likeness (QED) is 0.718. The fourth-order valence-corrected chi connectivity index (χ4v) is 1.24. The smallest absolute Gasteiger partial charge is 0.267 e. The van der Waals surface area contributed by atoms with E-state index < -0.39 is 0 Å². The van der Waals surface area contributed by atoms with Crippen molar-refractivity contribution in [1.82, 2.24) is 10.2 Å². The highest BCUT2D eigenvalue weighted by Gasteiger charge is 1.97. The monoisotopic (exact) mass is 180 g/mol. The molecule has 0 aliphatic carbocycles. The van der Waals surface area contributed by atoms with Crippen molar-refractivity contribution in [3.8, 4) is 0 Å². The predicted molar refractivity (Wildman–Crippen MR) is 52.8 cm³/mol. The van der Waals surface area contributed by atoms with Gasteiger partial charge < -0.3 is 0 Å². The van der Waals surface area contributed by atoms with Crippen LogP contribution in [0.3, 0.4) is 0 Å². The van der Waals surface area contributed by atoms with E-state index >= 15 is 0 Å². The number of aromatic amines is 1. The number of aryl methyl sites for hydroxylation is 2. The van der Waals surface area contributed by atoms with Gasteiger partial charge in [0.2, 0.25) is 0 Å². The first-order chi connectivity index (χ1) is 6.24. The summed E-state index contributed by atoms with van der Waals surface area (Å²) in [5.74, 6) is 0. The minimum absolute atomic E-state index is 0.0840. The van der Waals surface area contributed by atoms with E-state index in [4.69, 9.17) is 0 Å². The fourth-order valence-electron chi connectivity index (χ4n) is 1.24. The van der Waals surface area contributed by atoms with Crippen LogP contribution in [0.25, 0.3) is 0 Å². The Morgan fingerprint density at radius 1 is 1.46 bits per heavy atom. The molecule has 1 N–H and O–H groups in total. The van der Waals surface area contributed by atoms with E-state index in [1.165, 1.54) is 12.8 Å². The molecule has 0 aliphatic rings. The van der Waals surface area contributed by atoms with Crippen molar-refractivity contribution in [3.63, 3.8) is 0 Å². The van der Waals surface area contributed by atoms with Gasteiger partial charge in [-0.15, -0.1) is 0 Å². The summed E-state index contributed by atoms with van der Waals surface area (Å²) in [6.45, 7) is 3.98. The third kappa shape index (κ3) is 3.01. The van der Waals surface area contributed by atoms with Crippen LogP contribution in [0, 0.1) is 6.92 Å². The van der Waals surface area contributed by atoms with Crippen LogP contribution >= 0.6 is 0 Å². The first kappa shape index (κ1) is 9.96. The second kappa shape index (κ2) is 4.80. The molecule has 0 aliphatic heterocycles. The Hall–Kier alpha value is -1.12. The fraction of sp³-hybridized carbons (Fsp3) is 0.600. The number of rotatable bonds is 4. The lowest BCUT2D eigenvalue weighted by Crippen LogP contribution is -2.12. The maximum atomic E-state index is 11.0. The molecule has 72 valence electrons. The molecule has 0 saturated carbocycles. The zero-order valence-electron chi connectivity index (χ0n) is 8.26. The lowest BCUT2D eigenvalue weighted by molar-refractivity contribution is 0.696. The molecule has 3 heteroatoms. The maximum Gasteiger partial charge on any atom is 0.267 e. The van der Waals surface area contributed by atoms with Crippen LogP contribution in [0.4, 0.5) is 0 Å². The molecule has 13 heavy (non-hydrogen) atoms. The summed E-state index contributed by atoms with van der Waals surface area (Å²) >= 11 is 0. The van der Waals surface area contributed by atoms with Gasteiger partial charge in [-0.3, -0.25) is 4.79 Å². The lowest BCUT2D eigenvalue weighted by Gasteiger charge is -1.99. The van der Waals surface area contributed by atoms with Crippen molar-refractivity contribution in [2.75, 3.05) is 0 Å². The summed E-state index contributed by atoms with van der Waals surface area (Å²) in [7, 11) is 0. The Morgan fingerprint density at radius 3 is 2.85 bits per heavy atom. The molecule has 0 bridgehead atoms. The number of hydrogen-bond acceptors (Lipinski definition) is 2. The van der Waals surface area contributed by atoms with E-state index in [2.05, 4.69) is 17.1 Å². The number of nitrogens with zero attached hydrogens (tertiary/aromatic N) is 1. The minimum Gasteiger partial charge on any atom is -0.268 e. The van der Waals surface area contributed by atoms with Gasteiger partial charge in [-0.2, -0.15) is 5.10 Å². The highest BCUT2D eigenvalue weighted by Crippen LogP contribution is 2.02. The Kier molecular flexibility index (Phi) is 3.68. The van der Waals surface area contributed by atoms with Crippen molar-refractivity contribution < 1.29 is 0 Å². The molecule has 0 aromatic carbocycles. The summed E-state index contributed by atoms with van der Waals surface area (Å²) < 4.78 is 0. The van der Waals surface area contributed by atoms with Crippen LogP contribution in [-0.2, 0) is 6.42 Å². The van der Waals surface area contributed by atoms with Crippen molar-refractivity contribution >= 4 is 0 Å². The molecular weight excluding hydrogens is 164 g/mol. The number of hydrogen-bond donors (Lipinski definition) is 1. The van der Waals surface area contributed by atoms with Crippen LogP contribution in [0.2, 0.25) is 0 Å². The molecule has 1 aromatic rings. The van der Waals surface area contributed by atoms with Gasteiger partial charge in [0.25, 0.3) is 5.56 Å². The number of nitrogens with one attached hydrogen (secondary N) is 1. The Labute approximate surface area is 78.2 Å².